The molecule has 1 aromatic rings. The Hall–Kier alpha value is -1.40. The predicted molar refractivity (Wildman–Crippen MR) is 72.8 cm³/mol. The van der Waals surface area contributed by atoms with Gasteiger partial charge in [0.15, 0.2) is 0 Å². The number of carbonyl (C=O) groups is 1. The molecule has 0 radical (unpaired) electrons. The molecule has 0 unspecified atom stereocenters. The zero-order chi connectivity index (χ0) is 14.8. The zero-order valence-electron chi connectivity index (χ0n) is 11.5. The van der Waals surface area contributed by atoms with Crippen molar-refractivity contribution in [3.8, 4) is 0 Å². The number of aryl methyl sites for hydroxylation is 1. The minimum absolute atomic E-state index is 0.0108. The highest BCUT2D eigenvalue weighted by Crippen LogP contribution is 2.19. The summed E-state index contributed by atoms with van der Waals surface area (Å²) < 4.78 is 26.8. The van der Waals surface area contributed by atoms with Crippen LogP contribution in [0.5, 0.6) is 0 Å². The zero-order valence-corrected chi connectivity index (χ0v) is 12.3. The lowest BCUT2D eigenvalue weighted by Gasteiger charge is -2.19. The molecule has 6 heteroatoms. The third-order valence-electron chi connectivity index (χ3n) is 2.52. The molecular weight excluding hydrogens is 266 g/mol. The molecule has 1 rings (SSSR count). The molecule has 5 nitrogen and oxygen atoms in total. The summed E-state index contributed by atoms with van der Waals surface area (Å²) >= 11 is 0. The monoisotopic (exact) mass is 285 g/mol. The molecule has 0 spiro atoms. The van der Waals surface area contributed by atoms with Gasteiger partial charge in [0, 0.05) is 6.54 Å². The van der Waals surface area contributed by atoms with Gasteiger partial charge in [-0.05, 0) is 30.0 Å². The lowest BCUT2D eigenvalue weighted by molar-refractivity contribution is 0.0696. The number of nitrogens with one attached hydrogen (secondary N) is 1. The van der Waals surface area contributed by atoms with Crippen molar-refractivity contribution in [2.24, 2.45) is 5.41 Å². The fraction of sp³-hybridized carbons (Fsp3) is 0.462. The van der Waals surface area contributed by atoms with Crippen molar-refractivity contribution in [3.63, 3.8) is 0 Å². The van der Waals surface area contributed by atoms with Crippen molar-refractivity contribution >= 4 is 16.0 Å². The number of benzene rings is 1. The Kier molecular flexibility index (Phi) is 4.37. The number of carboxylic acid groups (broad SMARTS) is 1. The maximum atomic E-state index is 12.2. The second kappa shape index (κ2) is 5.30. The Morgan fingerprint density at radius 2 is 1.89 bits per heavy atom. The Balaban J connectivity index is 3.14. The number of carboxylic acids is 1. The average Bonchev–Trinajstić information content (AvgIpc) is 2.25. The molecule has 19 heavy (non-hydrogen) atoms. The molecule has 0 aromatic heterocycles. The summed E-state index contributed by atoms with van der Waals surface area (Å²) in [4.78, 5) is 10.9. The number of sulfonamides is 1. The van der Waals surface area contributed by atoms with E-state index >= 15 is 0 Å². The van der Waals surface area contributed by atoms with E-state index in [0.717, 1.165) is 0 Å². The van der Waals surface area contributed by atoms with Crippen molar-refractivity contribution in [2.45, 2.75) is 32.6 Å². The van der Waals surface area contributed by atoms with Gasteiger partial charge in [0.05, 0.1) is 10.5 Å². The van der Waals surface area contributed by atoms with Crippen molar-refractivity contribution < 1.29 is 18.3 Å². The second-order valence-electron chi connectivity index (χ2n) is 5.67. The fourth-order valence-electron chi connectivity index (χ4n) is 1.41. The highest BCUT2D eigenvalue weighted by molar-refractivity contribution is 7.89. The smallest absolute Gasteiger partial charge is 0.335 e. The van der Waals surface area contributed by atoms with Crippen LogP contribution in [0.15, 0.2) is 23.1 Å². The minimum atomic E-state index is -3.69. The van der Waals surface area contributed by atoms with Crippen LogP contribution < -0.4 is 4.72 Å². The fourth-order valence-corrected chi connectivity index (χ4v) is 2.96. The van der Waals surface area contributed by atoms with Gasteiger partial charge in [-0.15, -0.1) is 0 Å². The van der Waals surface area contributed by atoms with Gasteiger partial charge in [0.25, 0.3) is 0 Å². The van der Waals surface area contributed by atoms with Crippen LogP contribution in [0.4, 0.5) is 0 Å². The van der Waals surface area contributed by atoms with Crippen molar-refractivity contribution in [1.82, 2.24) is 4.72 Å². The third-order valence-corrected chi connectivity index (χ3v) is 4.06. The van der Waals surface area contributed by atoms with E-state index in [1.165, 1.54) is 18.2 Å². The first kappa shape index (κ1) is 15.7. The summed E-state index contributed by atoms with van der Waals surface area (Å²) in [6.45, 7) is 7.66. The van der Waals surface area contributed by atoms with Gasteiger partial charge in [0.1, 0.15) is 0 Å². The summed E-state index contributed by atoms with van der Waals surface area (Å²) in [6, 6.07) is 4.07. The van der Waals surface area contributed by atoms with Gasteiger partial charge >= 0.3 is 5.97 Å². The van der Waals surface area contributed by atoms with Gasteiger partial charge in [-0.1, -0.05) is 26.8 Å². The summed E-state index contributed by atoms with van der Waals surface area (Å²) in [5.41, 5.74) is 0.291. The van der Waals surface area contributed by atoms with Crippen LogP contribution in [0.2, 0.25) is 0 Å². The molecule has 2 N–H and O–H groups in total. The molecular formula is C13H19NO4S. The molecule has 0 aliphatic carbocycles. The molecule has 106 valence electrons. The first-order chi connectivity index (χ1) is 8.53. The Morgan fingerprint density at radius 1 is 1.32 bits per heavy atom. The number of rotatable bonds is 4. The molecule has 0 atom stereocenters. The number of hydrogen-bond donors (Lipinski definition) is 2. The lowest BCUT2D eigenvalue weighted by atomic mass is 9.98. The van der Waals surface area contributed by atoms with Crippen LogP contribution in [0, 0.1) is 12.3 Å². The van der Waals surface area contributed by atoms with E-state index < -0.39 is 16.0 Å². The van der Waals surface area contributed by atoms with Gasteiger partial charge in [0.2, 0.25) is 10.0 Å². The van der Waals surface area contributed by atoms with Crippen LogP contribution in [-0.4, -0.2) is 26.0 Å². The van der Waals surface area contributed by atoms with E-state index in [1.54, 1.807) is 6.92 Å². The van der Waals surface area contributed by atoms with Gasteiger partial charge in [-0.3, -0.25) is 0 Å². The van der Waals surface area contributed by atoms with E-state index in [2.05, 4.69) is 4.72 Å². The quantitative estimate of drug-likeness (QED) is 0.886. The molecule has 0 heterocycles. The average molecular weight is 285 g/mol. The molecule has 0 fully saturated rings. The van der Waals surface area contributed by atoms with Gasteiger partial charge in [-0.2, -0.15) is 0 Å². The highest BCUT2D eigenvalue weighted by Gasteiger charge is 2.21. The third kappa shape index (κ3) is 4.33. The van der Waals surface area contributed by atoms with Crippen LogP contribution in [-0.2, 0) is 10.0 Å². The van der Waals surface area contributed by atoms with Crippen LogP contribution in [0.3, 0.4) is 0 Å². The largest absolute Gasteiger partial charge is 0.478 e. The molecule has 0 saturated carbocycles. The normalized spacial score (nSPS) is 12.4. The van der Waals surface area contributed by atoms with Gasteiger partial charge in [-0.25, -0.2) is 17.9 Å². The molecule has 0 aliphatic rings. The summed E-state index contributed by atoms with van der Waals surface area (Å²) in [5.74, 6) is -1.15. The van der Waals surface area contributed by atoms with Crippen LogP contribution in [0.25, 0.3) is 0 Å². The maximum Gasteiger partial charge on any atom is 0.335 e. The van der Waals surface area contributed by atoms with Crippen molar-refractivity contribution in [1.29, 1.82) is 0 Å². The maximum absolute atomic E-state index is 12.2. The topological polar surface area (TPSA) is 83.5 Å². The van der Waals surface area contributed by atoms with Crippen molar-refractivity contribution in [2.75, 3.05) is 6.54 Å². The standard InChI is InChI=1S/C13H19NO4S/c1-9-5-6-10(12(15)16)7-11(9)19(17,18)14-8-13(2,3)4/h5-7,14H,8H2,1-4H3,(H,15,16). The van der Waals surface area contributed by atoms with E-state index in [-0.39, 0.29) is 22.4 Å². The summed E-state index contributed by atoms with van der Waals surface area (Å²) in [6.07, 6.45) is 0. The van der Waals surface area contributed by atoms with Gasteiger partial charge < -0.3 is 5.11 Å². The summed E-state index contributed by atoms with van der Waals surface area (Å²) in [7, 11) is -3.69. The SMILES string of the molecule is Cc1ccc(C(=O)O)cc1S(=O)(=O)NCC(C)(C)C. The van der Waals surface area contributed by atoms with E-state index in [4.69, 9.17) is 5.11 Å². The molecule has 1 aromatic carbocycles. The molecule has 0 amide bonds. The Labute approximate surface area is 113 Å². The van der Waals surface area contributed by atoms with E-state index in [1.807, 2.05) is 20.8 Å². The Morgan fingerprint density at radius 3 is 2.37 bits per heavy atom. The predicted octanol–water partition coefficient (Wildman–Crippen LogP) is 2.02. The first-order valence-corrected chi connectivity index (χ1v) is 7.35. The van der Waals surface area contributed by atoms with Crippen LogP contribution >= 0.6 is 0 Å². The number of aromatic carboxylic acids is 1. The Bertz CT molecular complexity index is 585. The molecule has 0 saturated heterocycles. The van der Waals surface area contributed by atoms with E-state index in [0.29, 0.717) is 5.56 Å². The minimum Gasteiger partial charge on any atom is -0.478 e. The second-order valence-corrected chi connectivity index (χ2v) is 7.41. The van der Waals surface area contributed by atoms with E-state index in [9.17, 15) is 13.2 Å². The van der Waals surface area contributed by atoms with Crippen molar-refractivity contribution in [3.05, 3.63) is 29.3 Å². The highest BCUT2D eigenvalue weighted by atomic mass is 32.2. The molecule has 0 bridgehead atoms. The van der Waals surface area contributed by atoms with Crippen LogP contribution in [0.1, 0.15) is 36.7 Å². The number of hydrogen-bond acceptors (Lipinski definition) is 3. The molecule has 0 aliphatic heterocycles. The summed E-state index contributed by atoms with van der Waals surface area (Å²) in [5, 5.41) is 8.91. The first-order valence-electron chi connectivity index (χ1n) is 5.86. The lowest BCUT2D eigenvalue weighted by Crippen LogP contribution is -2.32.